The van der Waals surface area contributed by atoms with E-state index in [-0.39, 0.29) is 23.3 Å². The Morgan fingerprint density at radius 1 is 1.31 bits per heavy atom. The molecule has 0 aliphatic carbocycles. The smallest absolute Gasteiger partial charge is 0.227 e. The van der Waals surface area contributed by atoms with Crippen molar-refractivity contribution in [3.05, 3.63) is 29.8 Å². The number of rotatable bonds is 7. The lowest BCUT2D eigenvalue weighted by atomic mass is 9.97. The maximum Gasteiger partial charge on any atom is 0.227 e. The first kappa shape index (κ1) is 21.3. The Morgan fingerprint density at radius 2 is 2.03 bits per heavy atom. The van der Waals surface area contributed by atoms with Crippen molar-refractivity contribution in [1.82, 2.24) is 24.5 Å². The number of carbonyl (C=O) groups excluding carboxylic acids is 1. The zero-order valence-electron chi connectivity index (χ0n) is 16.5. The Morgan fingerprint density at radius 3 is 2.66 bits per heavy atom. The number of unbranched alkanes of at least 4 members (excludes halogenated alkanes) is 1. The van der Waals surface area contributed by atoms with Crippen molar-refractivity contribution in [2.75, 3.05) is 24.2 Å². The lowest BCUT2D eigenvalue weighted by Gasteiger charge is -2.30. The molecule has 0 radical (unpaired) electrons. The monoisotopic (exact) mass is 424 g/mol. The van der Waals surface area contributed by atoms with Gasteiger partial charge in [-0.15, -0.1) is 5.10 Å². The van der Waals surface area contributed by atoms with Gasteiger partial charge in [-0.1, -0.05) is 13.3 Å². The summed E-state index contributed by atoms with van der Waals surface area (Å²) >= 11 is 0. The third kappa shape index (κ3) is 4.96. The molecule has 9 nitrogen and oxygen atoms in total. The van der Waals surface area contributed by atoms with Gasteiger partial charge in [-0.25, -0.2) is 17.1 Å². The van der Waals surface area contributed by atoms with Crippen LogP contribution in [0.1, 0.15) is 38.4 Å². The number of carbonyl (C=O) groups is 1. The highest BCUT2D eigenvalue weighted by molar-refractivity contribution is 7.89. The van der Waals surface area contributed by atoms with E-state index in [1.54, 1.807) is 6.92 Å². The summed E-state index contributed by atoms with van der Waals surface area (Å²) in [7, 11) is -3.27. The Kier molecular flexibility index (Phi) is 6.58. The number of nitrogens with one attached hydrogen (secondary N) is 1. The largest absolute Gasteiger partial charge is 0.323 e. The van der Waals surface area contributed by atoms with Gasteiger partial charge in [-0.05, 0) is 54.8 Å². The lowest BCUT2D eigenvalue weighted by Crippen LogP contribution is -2.42. The molecule has 1 saturated heterocycles. The third-order valence-corrected chi connectivity index (χ3v) is 7.01. The SMILES string of the molecule is CCCCS(=O)(=O)N1CCC(C(=O)Nc2cc(-n3nnnc3C)ccc2F)CC1. The van der Waals surface area contributed by atoms with Crippen LogP contribution in [0.5, 0.6) is 0 Å². The van der Waals surface area contributed by atoms with Crippen LogP contribution in [0.2, 0.25) is 0 Å². The molecule has 2 aromatic rings. The molecule has 0 spiro atoms. The van der Waals surface area contributed by atoms with Crippen molar-refractivity contribution in [1.29, 1.82) is 0 Å². The molecule has 0 saturated carbocycles. The number of nitrogens with zero attached hydrogens (tertiary/aromatic N) is 5. The number of aromatic nitrogens is 4. The van der Waals surface area contributed by atoms with Gasteiger partial charge in [0.25, 0.3) is 0 Å². The van der Waals surface area contributed by atoms with E-state index in [4.69, 9.17) is 0 Å². The number of benzene rings is 1. The molecule has 1 aliphatic rings. The van der Waals surface area contributed by atoms with Gasteiger partial charge < -0.3 is 5.32 Å². The van der Waals surface area contributed by atoms with E-state index in [2.05, 4.69) is 20.8 Å². The van der Waals surface area contributed by atoms with Gasteiger partial charge in [-0.2, -0.15) is 4.68 Å². The summed E-state index contributed by atoms with van der Waals surface area (Å²) in [5, 5.41) is 13.8. The Hall–Kier alpha value is -2.40. The average molecular weight is 425 g/mol. The van der Waals surface area contributed by atoms with E-state index in [9.17, 15) is 17.6 Å². The molecule has 1 aliphatic heterocycles. The number of halogens is 1. The van der Waals surface area contributed by atoms with Crippen molar-refractivity contribution < 1.29 is 17.6 Å². The van der Waals surface area contributed by atoms with Crippen LogP contribution in [0.25, 0.3) is 5.69 Å². The predicted molar refractivity (Wildman–Crippen MR) is 105 cm³/mol. The van der Waals surface area contributed by atoms with Crippen LogP contribution in [0.3, 0.4) is 0 Å². The van der Waals surface area contributed by atoms with Crippen LogP contribution in [0, 0.1) is 18.7 Å². The van der Waals surface area contributed by atoms with Crippen LogP contribution in [-0.4, -0.2) is 57.7 Å². The zero-order valence-corrected chi connectivity index (χ0v) is 17.3. The molecular weight excluding hydrogens is 399 g/mol. The Labute approximate surface area is 169 Å². The molecule has 29 heavy (non-hydrogen) atoms. The summed E-state index contributed by atoms with van der Waals surface area (Å²) in [4.78, 5) is 12.6. The van der Waals surface area contributed by atoms with E-state index in [1.165, 1.54) is 27.2 Å². The van der Waals surface area contributed by atoms with Crippen molar-refractivity contribution in [3.63, 3.8) is 0 Å². The normalized spacial score (nSPS) is 16.1. The fraction of sp³-hybridized carbons (Fsp3) is 0.556. The highest BCUT2D eigenvalue weighted by Gasteiger charge is 2.31. The third-order valence-electron chi connectivity index (χ3n) is 5.05. The first-order valence-corrected chi connectivity index (χ1v) is 11.3. The molecule has 2 heterocycles. The molecule has 11 heteroatoms. The van der Waals surface area contributed by atoms with Crippen LogP contribution in [0.15, 0.2) is 18.2 Å². The van der Waals surface area contributed by atoms with E-state index in [0.29, 0.717) is 43.9 Å². The number of aryl methyl sites for hydroxylation is 1. The topological polar surface area (TPSA) is 110 Å². The lowest BCUT2D eigenvalue weighted by molar-refractivity contribution is -0.120. The number of anilines is 1. The number of hydrogen-bond acceptors (Lipinski definition) is 6. The van der Waals surface area contributed by atoms with Crippen LogP contribution >= 0.6 is 0 Å². The molecule has 0 atom stereocenters. The minimum absolute atomic E-state index is 0.0420. The Bertz CT molecular complexity index is 970. The molecule has 1 fully saturated rings. The van der Waals surface area contributed by atoms with Gasteiger partial charge in [0, 0.05) is 19.0 Å². The highest BCUT2D eigenvalue weighted by Crippen LogP contribution is 2.24. The second kappa shape index (κ2) is 8.95. The van der Waals surface area contributed by atoms with Crippen molar-refractivity contribution >= 4 is 21.6 Å². The molecule has 1 aromatic carbocycles. The molecule has 0 bridgehead atoms. The summed E-state index contributed by atoms with van der Waals surface area (Å²) in [6.07, 6.45) is 2.25. The maximum absolute atomic E-state index is 14.2. The molecule has 3 rings (SSSR count). The van der Waals surface area contributed by atoms with Crippen molar-refractivity contribution in [2.45, 2.75) is 39.5 Å². The van der Waals surface area contributed by atoms with E-state index in [0.717, 1.165) is 6.42 Å². The number of amides is 1. The number of tetrazole rings is 1. The minimum atomic E-state index is -3.27. The summed E-state index contributed by atoms with van der Waals surface area (Å²) in [5.74, 6) is -0.585. The summed E-state index contributed by atoms with van der Waals surface area (Å²) in [6, 6.07) is 4.24. The summed E-state index contributed by atoms with van der Waals surface area (Å²) < 4.78 is 41.7. The highest BCUT2D eigenvalue weighted by atomic mass is 32.2. The van der Waals surface area contributed by atoms with Gasteiger partial charge in [0.1, 0.15) is 5.82 Å². The Balaban J connectivity index is 1.64. The molecule has 1 aromatic heterocycles. The summed E-state index contributed by atoms with van der Waals surface area (Å²) in [6.45, 7) is 4.26. The second-order valence-electron chi connectivity index (χ2n) is 7.13. The van der Waals surface area contributed by atoms with Gasteiger partial charge in [0.2, 0.25) is 15.9 Å². The van der Waals surface area contributed by atoms with Gasteiger partial charge in [0.15, 0.2) is 5.82 Å². The van der Waals surface area contributed by atoms with Crippen LogP contribution < -0.4 is 5.32 Å². The first-order valence-electron chi connectivity index (χ1n) is 9.65. The zero-order chi connectivity index (χ0) is 21.0. The number of hydrogen-bond donors (Lipinski definition) is 1. The fourth-order valence-electron chi connectivity index (χ4n) is 3.30. The van der Waals surface area contributed by atoms with Crippen molar-refractivity contribution in [3.8, 4) is 5.69 Å². The molecule has 158 valence electrons. The summed E-state index contributed by atoms with van der Waals surface area (Å²) in [5.41, 5.74) is 0.571. The van der Waals surface area contributed by atoms with Crippen LogP contribution in [-0.2, 0) is 14.8 Å². The molecule has 1 amide bonds. The quantitative estimate of drug-likeness (QED) is 0.727. The average Bonchev–Trinajstić information content (AvgIpc) is 3.14. The molecular formula is C18H25FN6O3S. The predicted octanol–water partition coefficient (Wildman–Crippen LogP) is 1.89. The van der Waals surface area contributed by atoms with Crippen molar-refractivity contribution in [2.24, 2.45) is 5.92 Å². The minimum Gasteiger partial charge on any atom is -0.323 e. The maximum atomic E-state index is 14.2. The van der Waals surface area contributed by atoms with Crippen LogP contribution in [0.4, 0.5) is 10.1 Å². The molecule has 0 unspecified atom stereocenters. The van der Waals surface area contributed by atoms with Gasteiger partial charge in [-0.3, -0.25) is 4.79 Å². The van der Waals surface area contributed by atoms with E-state index in [1.807, 2.05) is 6.92 Å². The molecule has 1 N–H and O–H groups in total. The van der Waals surface area contributed by atoms with Gasteiger partial charge >= 0.3 is 0 Å². The first-order chi connectivity index (χ1) is 13.8. The van der Waals surface area contributed by atoms with E-state index >= 15 is 0 Å². The van der Waals surface area contributed by atoms with Gasteiger partial charge in [0.05, 0.1) is 17.1 Å². The fourth-order valence-corrected chi connectivity index (χ4v) is 4.98. The number of piperidine rings is 1. The number of sulfonamides is 1. The standard InChI is InChI=1S/C18H25FN6O3S/c1-3-4-11-29(27,28)24-9-7-14(8-10-24)18(26)20-17-12-15(5-6-16(17)19)25-13(2)21-22-23-25/h5-6,12,14H,3-4,7-11H2,1-2H3,(H,20,26). The van der Waals surface area contributed by atoms with E-state index < -0.39 is 15.8 Å². The second-order valence-corrected chi connectivity index (χ2v) is 9.22.